The average Bonchev–Trinajstić information content (AvgIpc) is 2.14. The molecule has 2 rings (SSSR count). The van der Waals surface area contributed by atoms with E-state index >= 15 is 0 Å². The first-order chi connectivity index (χ1) is 7.88. The standard InChI is InChI=1S/C11H14BrNO3S/c1-7-2-3-11(10(12)4-7)17(15,16)13-8-5-9(14)6-8/h2-4,8-9,13-14H,5-6H2,1H3. The highest BCUT2D eigenvalue weighted by molar-refractivity contribution is 9.10. The molecule has 0 aliphatic heterocycles. The highest BCUT2D eigenvalue weighted by Crippen LogP contribution is 2.26. The first kappa shape index (κ1) is 13.0. The molecule has 0 heterocycles. The lowest BCUT2D eigenvalue weighted by atomic mass is 9.91. The quantitative estimate of drug-likeness (QED) is 0.888. The molecule has 1 aromatic carbocycles. The van der Waals surface area contributed by atoms with Crippen molar-refractivity contribution in [2.24, 2.45) is 0 Å². The Morgan fingerprint density at radius 3 is 2.59 bits per heavy atom. The summed E-state index contributed by atoms with van der Waals surface area (Å²) in [5.74, 6) is 0. The second-order valence-corrected chi connectivity index (χ2v) is 6.91. The molecule has 0 spiro atoms. The lowest BCUT2D eigenvalue weighted by Gasteiger charge is -2.31. The monoisotopic (exact) mass is 319 g/mol. The van der Waals surface area contributed by atoms with E-state index in [4.69, 9.17) is 5.11 Å². The van der Waals surface area contributed by atoms with E-state index in [1.165, 1.54) is 0 Å². The summed E-state index contributed by atoms with van der Waals surface area (Å²) in [4.78, 5) is 0.240. The minimum atomic E-state index is -3.50. The third-order valence-electron chi connectivity index (χ3n) is 2.81. The van der Waals surface area contributed by atoms with E-state index in [2.05, 4.69) is 20.7 Å². The number of sulfonamides is 1. The van der Waals surface area contributed by atoms with Crippen molar-refractivity contribution in [3.63, 3.8) is 0 Å². The van der Waals surface area contributed by atoms with Crippen LogP contribution in [0.5, 0.6) is 0 Å². The van der Waals surface area contributed by atoms with Crippen LogP contribution in [0.2, 0.25) is 0 Å². The summed E-state index contributed by atoms with van der Waals surface area (Å²) in [6.07, 6.45) is 0.606. The zero-order valence-corrected chi connectivity index (χ0v) is 11.8. The van der Waals surface area contributed by atoms with Crippen LogP contribution in [-0.2, 0) is 10.0 Å². The zero-order valence-electron chi connectivity index (χ0n) is 9.35. The summed E-state index contributed by atoms with van der Waals surface area (Å²) in [5, 5.41) is 9.13. The van der Waals surface area contributed by atoms with Crippen LogP contribution in [0.15, 0.2) is 27.6 Å². The van der Waals surface area contributed by atoms with Gasteiger partial charge in [-0.1, -0.05) is 6.07 Å². The fourth-order valence-electron chi connectivity index (χ4n) is 1.79. The normalized spacial score (nSPS) is 24.4. The number of hydrogen-bond acceptors (Lipinski definition) is 3. The van der Waals surface area contributed by atoms with Gasteiger partial charge >= 0.3 is 0 Å². The van der Waals surface area contributed by atoms with Crippen molar-refractivity contribution in [2.45, 2.75) is 36.8 Å². The number of rotatable bonds is 3. The third-order valence-corrected chi connectivity index (χ3v) is 5.31. The molecule has 0 unspecified atom stereocenters. The maximum atomic E-state index is 12.1. The lowest BCUT2D eigenvalue weighted by molar-refractivity contribution is 0.0712. The molecular formula is C11H14BrNO3S. The molecule has 1 aliphatic carbocycles. The van der Waals surface area contributed by atoms with Crippen LogP contribution >= 0.6 is 15.9 Å². The van der Waals surface area contributed by atoms with Gasteiger partial charge in [0.25, 0.3) is 0 Å². The predicted octanol–water partition coefficient (Wildman–Crippen LogP) is 1.56. The van der Waals surface area contributed by atoms with Gasteiger partial charge in [0.15, 0.2) is 0 Å². The molecule has 0 atom stereocenters. The second kappa shape index (κ2) is 4.68. The molecule has 4 nitrogen and oxygen atoms in total. The van der Waals surface area contributed by atoms with Gasteiger partial charge in [-0.2, -0.15) is 0 Å². The van der Waals surface area contributed by atoms with Crippen molar-refractivity contribution < 1.29 is 13.5 Å². The van der Waals surface area contributed by atoms with E-state index in [0.29, 0.717) is 17.3 Å². The smallest absolute Gasteiger partial charge is 0.241 e. The minimum Gasteiger partial charge on any atom is -0.393 e. The van der Waals surface area contributed by atoms with Crippen LogP contribution in [-0.4, -0.2) is 25.7 Å². The van der Waals surface area contributed by atoms with Gasteiger partial charge in [-0.25, -0.2) is 13.1 Å². The van der Waals surface area contributed by atoms with E-state index in [1.54, 1.807) is 18.2 Å². The SMILES string of the molecule is Cc1ccc(S(=O)(=O)NC2CC(O)C2)c(Br)c1. The Morgan fingerprint density at radius 1 is 1.41 bits per heavy atom. The zero-order chi connectivity index (χ0) is 12.6. The topological polar surface area (TPSA) is 66.4 Å². The molecule has 0 aromatic heterocycles. The Bertz CT molecular complexity index is 524. The van der Waals surface area contributed by atoms with Gasteiger partial charge in [0.05, 0.1) is 11.0 Å². The number of aliphatic hydroxyl groups is 1. The Hall–Kier alpha value is -0.430. The highest BCUT2D eigenvalue weighted by Gasteiger charge is 2.31. The molecule has 6 heteroatoms. The summed E-state index contributed by atoms with van der Waals surface area (Å²) >= 11 is 3.26. The van der Waals surface area contributed by atoms with E-state index in [0.717, 1.165) is 5.56 Å². The van der Waals surface area contributed by atoms with Crippen molar-refractivity contribution >= 4 is 26.0 Å². The van der Waals surface area contributed by atoms with Crippen molar-refractivity contribution in [1.82, 2.24) is 4.72 Å². The van der Waals surface area contributed by atoms with Gasteiger partial charge in [-0.05, 0) is 53.4 Å². The molecular weight excluding hydrogens is 306 g/mol. The fraction of sp³-hybridized carbons (Fsp3) is 0.455. The molecule has 1 aromatic rings. The van der Waals surface area contributed by atoms with E-state index in [9.17, 15) is 8.42 Å². The lowest BCUT2D eigenvalue weighted by Crippen LogP contribution is -2.46. The van der Waals surface area contributed by atoms with E-state index < -0.39 is 10.0 Å². The first-order valence-electron chi connectivity index (χ1n) is 5.35. The molecule has 0 bridgehead atoms. The Balaban J connectivity index is 2.20. The van der Waals surface area contributed by atoms with Crippen molar-refractivity contribution in [3.8, 4) is 0 Å². The highest BCUT2D eigenvalue weighted by atomic mass is 79.9. The average molecular weight is 320 g/mol. The first-order valence-corrected chi connectivity index (χ1v) is 7.62. The van der Waals surface area contributed by atoms with Gasteiger partial charge in [0.2, 0.25) is 10.0 Å². The van der Waals surface area contributed by atoms with Gasteiger partial charge in [0.1, 0.15) is 0 Å². The summed E-state index contributed by atoms with van der Waals surface area (Å²) < 4.78 is 27.2. The largest absolute Gasteiger partial charge is 0.393 e. The predicted molar refractivity (Wildman–Crippen MR) is 68.2 cm³/mol. The Morgan fingerprint density at radius 2 is 2.06 bits per heavy atom. The summed E-state index contributed by atoms with van der Waals surface area (Å²) in [6, 6.07) is 4.96. The molecule has 1 saturated carbocycles. The number of benzene rings is 1. The van der Waals surface area contributed by atoms with Crippen LogP contribution in [0.1, 0.15) is 18.4 Å². The number of aryl methyl sites for hydroxylation is 1. The maximum absolute atomic E-state index is 12.1. The number of aliphatic hydroxyl groups excluding tert-OH is 1. The van der Waals surface area contributed by atoms with Crippen LogP contribution in [0.3, 0.4) is 0 Å². The van der Waals surface area contributed by atoms with Gasteiger partial charge in [0, 0.05) is 10.5 Å². The molecule has 0 amide bonds. The van der Waals surface area contributed by atoms with Crippen molar-refractivity contribution in [1.29, 1.82) is 0 Å². The van der Waals surface area contributed by atoms with Gasteiger partial charge in [-0.3, -0.25) is 0 Å². The molecule has 1 fully saturated rings. The van der Waals surface area contributed by atoms with Crippen LogP contribution in [0.25, 0.3) is 0 Å². The Labute approximate surface area is 109 Å². The second-order valence-electron chi connectivity index (χ2n) is 4.38. The third kappa shape index (κ3) is 2.88. The molecule has 94 valence electrons. The summed E-state index contributed by atoms with van der Waals surface area (Å²) in [7, 11) is -3.50. The molecule has 1 aliphatic rings. The maximum Gasteiger partial charge on any atom is 0.241 e. The number of halogens is 1. The van der Waals surface area contributed by atoms with Gasteiger partial charge < -0.3 is 5.11 Å². The number of hydrogen-bond donors (Lipinski definition) is 2. The van der Waals surface area contributed by atoms with Crippen molar-refractivity contribution in [2.75, 3.05) is 0 Å². The number of nitrogens with one attached hydrogen (secondary N) is 1. The Kier molecular flexibility index (Phi) is 3.58. The van der Waals surface area contributed by atoms with Crippen LogP contribution < -0.4 is 4.72 Å². The minimum absolute atomic E-state index is 0.150. The van der Waals surface area contributed by atoms with Crippen LogP contribution in [0, 0.1) is 6.92 Å². The fourth-order valence-corrected chi connectivity index (χ4v) is 4.24. The van der Waals surface area contributed by atoms with Crippen molar-refractivity contribution in [3.05, 3.63) is 28.2 Å². The van der Waals surface area contributed by atoms with Crippen LogP contribution in [0.4, 0.5) is 0 Å². The molecule has 0 saturated heterocycles. The van der Waals surface area contributed by atoms with E-state index in [-0.39, 0.29) is 17.0 Å². The summed E-state index contributed by atoms with van der Waals surface area (Å²) in [5.41, 5.74) is 0.995. The molecule has 0 radical (unpaired) electrons. The van der Waals surface area contributed by atoms with E-state index in [1.807, 2.05) is 6.92 Å². The molecule has 2 N–H and O–H groups in total. The van der Waals surface area contributed by atoms with Gasteiger partial charge in [-0.15, -0.1) is 0 Å². The molecule has 17 heavy (non-hydrogen) atoms. The summed E-state index contributed by atoms with van der Waals surface area (Å²) in [6.45, 7) is 1.90.